The predicted molar refractivity (Wildman–Crippen MR) is 137 cm³/mol. The van der Waals surface area contributed by atoms with Crippen LogP contribution in [0, 0.1) is 0 Å². The summed E-state index contributed by atoms with van der Waals surface area (Å²) in [4.78, 5) is 15.4. The zero-order chi connectivity index (χ0) is 25.1. The van der Waals surface area contributed by atoms with Gasteiger partial charge in [0.05, 0.1) is 11.7 Å². The third-order valence-electron chi connectivity index (χ3n) is 5.80. The van der Waals surface area contributed by atoms with Gasteiger partial charge in [0.15, 0.2) is 0 Å². The summed E-state index contributed by atoms with van der Waals surface area (Å²) >= 11 is 0. The Labute approximate surface area is 208 Å². The van der Waals surface area contributed by atoms with Crippen LogP contribution in [0.4, 0.5) is 0 Å². The smallest absolute Gasteiger partial charge is 0.303 e. The SMILES string of the molecule is O=C(O)CCc1cn(S(=O)(=O)c2ccc(Oc3ccccc3)nc2)c2ccc(-c3ccccc3)cc12. The van der Waals surface area contributed by atoms with E-state index in [9.17, 15) is 18.3 Å². The van der Waals surface area contributed by atoms with Crippen molar-refractivity contribution in [3.8, 4) is 22.8 Å². The number of aryl methyl sites for hydroxylation is 1. The van der Waals surface area contributed by atoms with Crippen LogP contribution in [-0.4, -0.2) is 28.5 Å². The van der Waals surface area contributed by atoms with E-state index >= 15 is 0 Å². The van der Waals surface area contributed by atoms with E-state index < -0.39 is 16.0 Å². The predicted octanol–water partition coefficient (Wildman–Crippen LogP) is 5.75. The zero-order valence-corrected chi connectivity index (χ0v) is 19.9. The molecule has 8 heteroatoms. The number of hydrogen-bond donors (Lipinski definition) is 1. The number of pyridine rings is 1. The molecule has 0 atom stereocenters. The second-order valence-electron chi connectivity index (χ2n) is 8.19. The molecular formula is C28H22N2O5S. The number of ether oxygens (including phenoxy) is 1. The van der Waals surface area contributed by atoms with E-state index in [1.165, 1.54) is 28.5 Å². The minimum Gasteiger partial charge on any atom is -0.481 e. The molecule has 0 saturated heterocycles. The molecule has 0 aliphatic rings. The van der Waals surface area contributed by atoms with Crippen molar-refractivity contribution in [2.24, 2.45) is 0 Å². The maximum atomic E-state index is 13.6. The average molecular weight is 499 g/mol. The van der Waals surface area contributed by atoms with Crippen LogP contribution in [0.5, 0.6) is 11.6 Å². The van der Waals surface area contributed by atoms with Gasteiger partial charge in [-0.1, -0.05) is 54.6 Å². The van der Waals surface area contributed by atoms with E-state index in [1.54, 1.807) is 18.2 Å². The molecule has 3 aromatic carbocycles. The minimum atomic E-state index is -4.00. The summed E-state index contributed by atoms with van der Waals surface area (Å²) in [5, 5.41) is 9.90. The second-order valence-corrected chi connectivity index (χ2v) is 10.0. The van der Waals surface area contributed by atoms with Gasteiger partial charge in [0.25, 0.3) is 10.0 Å². The first-order valence-corrected chi connectivity index (χ1v) is 12.7. The van der Waals surface area contributed by atoms with E-state index in [0.29, 0.717) is 22.2 Å². The van der Waals surface area contributed by atoms with Crippen molar-refractivity contribution in [3.63, 3.8) is 0 Å². The van der Waals surface area contributed by atoms with Crippen LogP contribution in [0.3, 0.4) is 0 Å². The van der Waals surface area contributed by atoms with Gasteiger partial charge in [-0.3, -0.25) is 4.79 Å². The van der Waals surface area contributed by atoms with Crippen molar-refractivity contribution in [2.45, 2.75) is 17.7 Å². The molecule has 0 spiro atoms. The summed E-state index contributed by atoms with van der Waals surface area (Å²) in [6.07, 6.45) is 2.86. The van der Waals surface area contributed by atoms with Gasteiger partial charge in [-0.05, 0) is 53.4 Å². The van der Waals surface area contributed by atoms with Gasteiger partial charge >= 0.3 is 5.97 Å². The van der Waals surface area contributed by atoms with E-state index in [2.05, 4.69) is 4.98 Å². The number of benzene rings is 3. The van der Waals surface area contributed by atoms with Crippen molar-refractivity contribution >= 4 is 26.9 Å². The number of rotatable bonds is 8. The van der Waals surface area contributed by atoms with Crippen molar-refractivity contribution in [2.75, 3.05) is 0 Å². The fourth-order valence-electron chi connectivity index (χ4n) is 4.02. The first-order chi connectivity index (χ1) is 17.4. The van der Waals surface area contributed by atoms with Crippen LogP contribution in [0.25, 0.3) is 22.0 Å². The van der Waals surface area contributed by atoms with Crippen LogP contribution in [-0.2, 0) is 21.2 Å². The minimum absolute atomic E-state index is 0.00303. The number of carbonyl (C=O) groups is 1. The lowest BCUT2D eigenvalue weighted by Crippen LogP contribution is -2.12. The summed E-state index contributed by atoms with van der Waals surface area (Å²) in [6.45, 7) is 0. The molecule has 0 saturated carbocycles. The van der Waals surface area contributed by atoms with Gasteiger partial charge in [-0.15, -0.1) is 0 Å². The zero-order valence-electron chi connectivity index (χ0n) is 19.1. The van der Waals surface area contributed by atoms with Crippen molar-refractivity contribution < 1.29 is 23.1 Å². The summed E-state index contributed by atoms with van der Waals surface area (Å²) in [6, 6.07) is 27.3. The highest BCUT2D eigenvalue weighted by atomic mass is 32.2. The highest BCUT2D eigenvalue weighted by Crippen LogP contribution is 2.31. The van der Waals surface area contributed by atoms with Gasteiger partial charge in [-0.25, -0.2) is 17.4 Å². The molecule has 0 aliphatic carbocycles. The number of hydrogen-bond acceptors (Lipinski definition) is 5. The second kappa shape index (κ2) is 9.67. The first-order valence-electron chi connectivity index (χ1n) is 11.3. The molecule has 7 nitrogen and oxygen atoms in total. The number of nitrogens with zero attached hydrogens (tertiary/aromatic N) is 2. The molecule has 180 valence electrons. The van der Waals surface area contributed by atoms with Crippen LogP contribution in [0.15, 0.2) is 108 Å². The lowest BCUT2D eigenvalue weighted by Gasteiger charge is -2.09. The molecule has 0 amide bonds. The number of carboxylic acids is 1. The average Bonchev–Trinajstić information content (AvgIpc) is 3.28. The fraction of sp³-hybridized carbons (Fsp3) is 0.0714. The fourth-order valence-corrected chi connectivity index (χ4v) is 5.36. The number of carboxylic acid groups (broad SMARTS) is 1. The Morgan fingerprint density at radius 1 is 0.889 bits per heavy atom. The summed E-state index contributed by atoms with van der Waals surface area (Å²) < 4.78 is 34.0. The molecule has 0 aliphatic heterocycles. The lowest BCUT2D eigenvalue weighted by atomic mass is 10.0. The summed E-state index contributed by atoms with van der Waals surface area (Å²) in [7, 11) is -4.00. The van der Waals surface area contributed by atoms with Gasteiger partial charge < -0.3 is 9.84 Å². The van der Waals surface area contributed by atoms with Crippen LogP contribution >= 0.6 is 0 Å². The number of fused-ring (bicyclic) bond motifs is 1. The standard InChI is InChI=1S/C28H22N2O5S/c31-28(32)16-12-22-19-30(26-14-11-21(17-25(22)26)20-7-3-1-4-8-20)36(33,34)24-13-15-27(29-18-24)35-23-9-5-2-6-10-23/h1-11,13-15,17-19H,12,16H2,(H,31,32). The van der Waals surface area contributed by atoms with Crippen molar-refractivity contribution in [3.05, 3.63) is 109 Å². The summed E-state index contributed by atoms with van der Waals surface area (Å²) in [5.41, 5.74) is 3.02. The third kappa shape index (κ3) is 4.71. The maximum Gasteiger partial charge on any atom is 0.303 e. The number of aliphatic carboxylic acids is 1. The topological polar surface area (TPSA) is 98.5 Å². The highest BCUT2D eigenvalue weighted by Gasteiger charge is 2.22. The highest BCUT2D eigenvalue weighted by molar-refractivity contribution is 7.90. The monoisotopic (exact) mass is 498 g/mol. The normalized spacial score (nSPS) is 11.4. The Morgan fingerprint density at radius 2 is 1.61 bits per heavy atom. The number of para-hydroxylation sites is 1. The molecule has 2 aromatic heterocycles. The van der Waals surface area contributed by atoms with E-state index in [4.69, 9.17) is 4.74 Å². The van der Waals surface area contributed by atoms with Gasteiger partial charge in [0.2, 0.25) is 5.88 Å². The van der Waals surface area contributed by atoms with Crippen LogP contribution in [0.2, 0.25) is 0 Å². The Bertz CT molecular complexity index is 1630. The van der Waals surface area contributed by atoms with Gasteiger partial charge in [-0.2, -0.15) is 0 Å². The lowest BCUT2D eigenvalue weighted by molar-refractivity contribution is -0.136. The first kappa shape index (κ1) is 23.3. The molecular weight excluding hydrogens is 476 g/mol. The van der Waals surface area contributed by atoms with E-state index in [1.807, 2.05) is 60.7 Å². The summed E-state index contributed by atoms with van der Waals surface area (Å²) in [5.74, 6) is -0.0855. The van der Waals surface area contributed by atoms with Crippen molar-refractivity contribution in [1.82, 2.24) is 8.96 Å². The Balaban J connectivity index is 1.54. The van der Waals surface area contributed by atoms with Crippen LogP contribution < -0.4 is 4.74 Å². The Kier molecular flexibility index (Phi) is 6.26. The number of aromatic nitrogens is 2. The van der Waals surface area contributed by atoms with Crippen molar-refractivity contribution in [1.29, 1.82) is 0 Å². The maximum absolute atomic E-state index is 13.6. The molecule has 1 N–H and O–H groups in total. The Hall–Kier alpha value is -4.43. The molecule has 2 heterocycles. The molecule has 0 unspecified atom stereocenters. The van der Waals surface area contributed by atoms with Gasteiger partial charge in [0.1, 0.15) is 10.6 Å². The van der Waals surface area contributed by atoms with E-state index in [0.717, 1.165) is 11.1 Å². The third-order valence-corrected chi connectivity index (χ3v) is 7.46. The molecule has 36 heavy (non-hydrogen) atoms. The van der Waals surface area contributed by atoms with E-state index in [-0.39, 0.29) is 23.6 Å². The molecule has 0 bridgehead atoms. The largest absolute Gasteiger partial charge is 0.481 e. The Morgan fingerprint density at radius 3 is 2.28 bits per heavy atom. The quantitative estimate of drug-likeness (QED) is 0.293. The molecule has 0 radical (unpaired) electrons. The molecule has 0 fully saturated rings. The van der Waals surface area contributed by atoms with Gasteiger partial charge in [0, 0.05) is 24.1 Å². The molecule has 5 rings (SSSR count). The molecule has 5 aromatic rings. The van der Waals surface area contributed by atoms with Crippen LogP contribution in [0.1, 0.15) is 12.0 Å².